The second kappa shape index (κ2) is 5.65. The Balaban J connectivity index is 1.70. The van der Waals surface area contributed by atoms with Gasteiger partial charge in [-0.2, -0.15) is 0 Å². The van der Waals surface area contributed by atoms with E-state index in [-0.39, 0.29) is 5.69 Å². The molecule has 0 aliphatic rings. The van der Waals surface area contributed by atoms with Crippen molar-refractivity contribution in [3.8, 4) is 0 Å². The van der Waals surface area contributed by atoms with Crippen LogP contribution >= 0.6 is 0 Å². The van der Waals surface area contributed by atoms with Crippen molar-refractivity contribution in [3.05, 3.63) is 83.6 Å². The number of imidazole rings is 1. The van der Waals surface area contributed by atoms with Crippen LogP contribution in [0.1, 0.15) is 5.56 Å². The number of aromatic amines is 2. The lowest BCUT2D eigenvalue weighted by atomic mass is 10.2. The van der Waals surface area contributed by atoms with Gasteiger partial charge >= 0.3 is 5.69 Å². The number of fused-ring (bicyclic) bond motifs is 1. The van der Waals surface area contributed by atoms with Crippen LogP contribution in [0.25, 0.3) is 16.7 Å². The Labute approximate surface area is 127 Å². The van der Waals surface area contributed by atoms with E-state index in [2.05, 4.69) is 33.8 Å². The molecule has 0 bridgehead atoms. The molecule has 0 unspecified atom stereocenters. The molecule has 3 aromatic rings. The molecule has 0 radical (unpaired) electrons. The Morgan fingerprint density at radius 1 is 0.955 bits per heavy atom. The number of hydrogen-bond acceptors (Lipinski definition) is 3. The fraction of sp³-hybridized carbons (Fsp3) is 0. The van der Waals surface area contributed by atoms with Gasteiger partial charge in [-0.05, 0) is 23.8 Å². The molecule has 2 aromatic carbocycles. The fourth-order valence-corrected chi connectivity index (χ4v) is 2.21. The van der Waals surface area contributed by atoms with Crippen molar-refractivity contribution >= 4 is 22.4 Å². The van der Waals surface area contributed by atoms with Crippen molar-refractivity contribution in [1.29, 1.82) is 0 Å². The van der Waals surface area contributed by atoms with Crippen LogP contribution in [-0.4, -0.2) is 9.97 Å². The largest absolute Gasteiger partial charge is 0.342 e. The normalized spacial score (nSPS) is 10.4. The predicted molar refractivity (Wildman–Crippen MR) is 90.3 cm³/mol. The Bertz CT molecular complexity index is 890. The highest BCUT2D eigenvalue weighted by Crippen LogP contribution is 2.16. The first-order chi connectivity index (χ1) is 10.6. The summed E-state index contributed by atoms with van der Waals surface area (Å²) in [7, 11) is 0. The Kier molecular flexibility index (Phi) is 3.53. The van der Waals surface area contributed by atoms with E-state index >= 15 is 0 Å². The molecule has 5 nitrogen and oxygen atoms in total. The molecule has 110 valence electrons. The van der Waals surface area contributed by atoms with Gasteiger partial charge in [-0.15, -0.1) is 0 Å². The molecule has 3 rings (SSSR count). The van der Waals surface area contributed by atoms with E-state index in [1.165, 1.54) is 0 Å². The topological polar surface area (TPSA) is 72.7 Å². The van der Waals surface area contributed by atoms with Crippen LogP contribution in [0.4, 0.5) is 5.69 Å². The smallest absolute Gasteiger partial charge is 0.323 e. The summed E-state index contributed by atoms with van der Waals surface area (Å²) in [6.07, 6.45) is 0. The summed E-state index contributed by atoms with van der Waals surface area (Å²) in [5, 5.41) is 6.26. The first kappa shape index (κ1) is 13.8. The molecule has 4 N–H and O–H groups in total. The zero-order valence-corrected chi connectivity index (χ0v) is 11.9. The first-order valence-corrected chi connectivity index (χ1v) is 6.81. The van der Waals surface area contributed by atoms with Gasteiger partial charge in [0.25, 0.3) is 0 Å². The third kappa shape index (κ3) is 2.93. The monoisotopic (exact) mass is 292 g/mol. The molecule has 1 aromatic heterocycles. The van der Waals surface area contributed by atoms with Gasteiger partial charge < -0.3 is 20.6 Å². The lowest BCUT2D eigenvalue weighted by Gasteiger charge is -2.14. The number of benzene rings is 2. The molecule has 22 heavy (non-hydrogen) atoms. The van der Waals surface area contributed by atoms with Crippen LogP contribution in [-0.2, 0) is 0 Å². The lowest BCUT2D eigenvalue weighted by molar-refractivity contribution is 1.10. The number of nitrogens with one attached hydrogen (secondary N) is 4. The maximum Gasteiger partial charge on any atom is 0.323 e. The van der Waals surface area contributed by atoms with Crippen molar-refractivity contribution in [2.75, 3.05) is 5.32 Å². The SMILES string of the molecule is C=C(NC(=C)c1ccccc1)Nc1ccc2[nH]c(=O)[nH]c2c1. The molecule has 0 saturated carbocycles. The maximum absolute atomic E-state index is 11.3. The van der Waals surface area contributed by atoms with E-state index in [1.807, 2.05) is 48.5 Å². The summed E-state index contributed by atoms with van der Waals surface area (Å²) in [6, 6.07) is 15.3. The van der Waals surface area contributed by atoms with E-state index in [0.29, 0.717) is 5.82 Å². The molecule has 0 saturated heterocycles. The van der Waals surface area contributed by atoms with Gasteiger partial charge in [-0.3, -0.25) is 0 Å². The van der Waals surface area contributed by atoms with Crippen molar-refractivity contribution in [2.24, 2.45) is 0 Å². The van der Waals surface area contributed by atoms with Crippen LogP contribution in [0.15, 0.2) is 72.3 Å². The van der Waals surface area contributed by atoms with Gasteiger partial charge in [0.15, 0.2) is 0 Å². The zero-order chi connectivity index (χ0) is 15.5. The third-order valence-corrected chi connectivity index (χ3v) is 3.24. The van der Waals surface area contributed by atoms with Gasteiger partial charge in [0.2, 0.25) is 0 Å². The molecule has 0 spiro atoms. The summed E-state index contributed by atoms with van der Waals surface area (Å²) < 4.78 is 0. The summed E-state index contributed by atoms with van der Waals surface area (Å²) in [6.45, 7) is 7.93. The summed E-state index contributed by atoms with van der Waals surface area (Å²) >= 11 is 0. The molecule has 1 heterocycles. The average Bonchev–Trinajstić information content (AvgIpc) is 2.87. The van der Waals surface area contributed by atoms with Gasteiger partial charge in [-0.25, -0.2) is 4.79 Å². The highest BCUT2D eigenvalue weighted by molar-refractivity contribution is 5.79. The van der Waals surface area contributed by atoms with Gasteiger partial charge in [0.05, 0.1) is 11.0 Å². The second-order valence-corrected chi connectivity index (χ2v) is 4.91. The van der Waals surface area contributed by atoms with E-state index < -0.39 is 0 Å². The summed E-state index contributed by atoms with van der Waals surface area (Å²) in [5.74, 6) is 0.603. The third-order valence-electron chi connectivity index (χ3n) is 3.24. The van der Waals surface area contributed by atoms with E-state index in [4.69, 9.17) is 0 Å². The van der Waals surface area contributed by atoms with Crippen LogP contribution in [0.3, 0.4) is 0 Å². The second-order valence-electron chi connectivity index (χ2n) is 4.91. The van der Waals surface area contributed by atoms with Gasteiger partial charge in [-0.1, -0.05) is 43.5 Å². The number of hydrogen-bond donors (Lipinski definition) is 4. The van der Waals surface area contributed by atoms with Crippen molar-refractivity contribution in [2.45, 2.75) is 0 Å². The quantitative estimate of drug-likeness (QED) is 0.584. The fourth-order valence-electron chi connectivity index (χ4n) is 2.21. The molecule has 5 heteroatoms. The molecule has 0 atom stereocenters. The van der Waals surface area contributed by atoms with Gasteiger partial charge in [0, 0.05) is 11.4 Å². The number of rotatable bonds is 5. The number of H-pyrrole nitrogens is 2. The molecular weight excluding hydrogens is 276 g/mol. The zero-order valence-electron chi connectivity index (χ0n) is 11.9. The van der Waals surface area contributed by atoms with Crippen LogP contribution in [0.2, 0.25) is 0 Å². The minimum atomic E-state index is -0.221. The number of anilines is 1. The Morgan fingerprint density at radius 2 is 1.68 bits per heavy atom. The molecule has 0 aliphatic carbocycles. The van der Waals surface area contributed by atoms with E-state index in [0.717, 1.165) is 28.0 Å². The van der Waals surface area contributed by atoms with Crippen LogP contribution in [0, 0.1) is 0 Å². The van der Waals surface area contributed by atoms with Crippen molar-refractivity contribution in [1.82, 2.24) is 15.3 Å². The minimum Gasteiger partial charge on any atom is -0.342 e. The lowest BCUT2D eigenvalue weighted by Crippen LogP contribution is -2.16. The van der Waals surface area contributed by atoms with Crippen molar-refractivity contribution in [3.63, 3.8) is 0 Å². The standard InChI is InChI=1S/C17H16N4O/c1-11(13-6-4-3-5-7-13)18-12(2)19-14-8-9-15-16(10-14)21-17(22)20-15/h3-10,18-19H,1-2H2,(H2,20,21,22). The first-order valence-electron chi connectivity index (χ1n) is 6.81. The maximum atomic E-state index is 11.3. The highest BCUT2D eigenvalue weighted by Gasteiger charge is 2.03. The molecular formula is C17H16N4O. The summed E-state index contributed by atoms with van der Waals surface area (Å²) in [5.41, 5.74) is 3.86. The van der Waals surface area contributed by atoms with E-state index in [9.17, 15) is 4.79 Å². The average molecular weight is 292 g/mol. The highest BCUT2D eigenvalue weighted by atomic mass is 16.1. The minimum absolute atomic E-state index is 0.221. The molecule has 0 aliphatic heterocycles. The summed E-state index contributed by atoms with van der Waals surface area (Å²) in [4.78, 5) is 16.7. The Hall–Kier alpha value is -3.21. The molecule has 0 fully saturated rings. The van der Waals surface area contributed by atoms with Gasteiger partial charge in [0.1, 0.15) is 5.82 Å². The van der Waals surface area contributed by atoms with Crippen molar-refractivity contribution < 1.29 is 0 Å². The van der Waals surface area contributed by atoms with E-state index in [1.54, 1.807) is 0 Å². The number of aromatic nitrogens is 2. The van der Waals surface area contributed by atoms with Crippen LogP contribution in [0.5, 0.6) is 0 Å². The molecule has 0 amide bonds. The Morgan fingerprint density at radius 3 is 2.45 bits per heavy atom. The van der Waals surface area contributed by atoms with Crippen LogP contribution < -0.4 is 16.3 Å². The predicted octanol–water partition coefficient (Wildman–Crippen LogP) is 3.00.